The Labute approximate surface area is 167 Å². The Balaban J connectivity index is 1.80. The molecule has 1 unspecified atom stereocenters. The molecule has 144 valence electrons. The number of fused-ring (bicyclic) bond motifs is 1. The fraction of sp³-hybridized carbons (Fsp3) is 0.0870. The first-order chi connectivity index (χ1) is 14.2. The lowest BCUT2D eigenvalue weighted by Crippen LogP contribution is -2.13. The number of anilines is 1. The number of methoxy groups -OCH3 is 1. The summed E-state index contributed by atoms with van der Waals surface area (Å²) in [4.78, 5) is 20.3. The first kappa shape index (κ1) is 18.4. The number of esters is 1. The van der Waals surface area contributed by atoms with Gasteiger partial charge in [-0.05, 0) is 42.0 Å². The molecule has 0 saturated heterocycles. The second-order valence-electron chi connectivity index (χ2n) is 6.51. The third-order valence-corrected chi connectivity index (χ3v) is 4.72. The van der Waals surface area contributed by atoms with Crippen molar-refractivity contribution in [3.8, 4) is 5.75 Å². The van der Waals surface area contributed by atoms with E-state index in [-0.39, 0.29) is 11.8 Å². The molecule has 0 radical (unpaired) electrons. The summed E-state index contributed by atoms with van der Waals surface area (Å²) in [7, 11) is 1.35. The number of ether oxygens (including phenoxy) is 1. The molecule has 0 bridgehead atoms. The molecule has 4 aromatic rings. The van der Waals surface area contributed by atoms with Crippen molar-refractivity contribution in [2.45, 2.75) is 6.04 Å². The zero-order chi connectivity index (χ0) is 20.2. The highest BCUT2D eigenvalue weighted by Gasteiger charge is 2.20. The highest BCUT2D eigenvalue weighted by Crippen LogP contribution is 2.36. The molecule has 6 heteroatoms. The zero-order valence-corrected chi connectivity index (χ0v) is 15.7. The molecule has 4 rings (SSSR count). The molecule has 1 atom stereocenters. The van der Waals surface area contributed by atoms with E-state index >= 15 is 0 Å². The molecule has 0 amide bonds. The van der Waals surface area contributed by atoms with Crippen molar-refractivity contribution >= 4 is 22.6 Å². The molecule has 2 aromatic carbocycles. The van der Waals surface area contributed by atoms with Crippen LogP contribution >= 0.6 is 0 Å². The second-order valence-corrected chi connectivity index (χ2v) is 6.51. The normalized spacial score (nSPS) is 11.8. The van der Waals surface area contributed by atoms with Gasteiger partial charge in [0, 0.05) is 35.2 Å². The predicted octanol–water partition coefficient (Wildman–Crippen LogP) is 4.32. The summed E-state index contributed by atoms with van der Waals surface area (Å²) in [6.07, 6.45) is 5.05. The largest absolute Gasteiger partial charge is 0.505 e. The van der Waals surface area contributed by atoms with Crippen LogP contribution in [0.1, 0.15) is 27.5 Å². The lowest BCUT2D eigenvalue weighted by atomic mass is 9.96. The van der Waals surface area contributed by atoms with Gasteiger partial charge in [0.25, 0.3) is 0 Å². The summed E-state index contributed by atoms with van der Waals surface area (Å²) in [6, 6.07) is 18.0. The lowest BCUT2D eigenvalue weighted by molar-refractivity contribution is 0.0601. The Hall–Kier alpha value is -3.93. The number of carbonyl (C=O) groups is 1. The monoisotopic (exact) mass is 385 g/mol. The van der Waals surface area contributed by atoms with E-state index in [9.17, 15) is 9.90 Å². The minimum Gasteiger partial charge on any atom is -0.505 e. The van der Waals surface area contributed by atoms with Crippen LogP contribution in [0.25, 0.3) is 10.9 Å². The number of aromatic hydroxyl groups is 1. The van der Waals surface area contributed by atoms with Crippen molar-refractivity contribution in [1.82, 2.24) is 9.97 Å². The summed E-state index contributed by atoms with van der Waals surface area (Å²) in [5, 5.41) is 15.2. The van der Waals surface area contributed by atoms with Crippen LogP contribution in [0, 0.1) is 0 Å². The molecule has 2 heterocycles. The smallest absolute Gasteiger partial charge is 0.337 e. The van der Waals surface area contributed by atoms with Gasteiger partial charge < -0.3 is 15.2 Å². The van der Waals surface area contributed by atoms with Crippen LogP contribution in [0.5, 0.6) is 5.75 Å². The number of aromatic nitrogens is 2. The molecule has 6 nitrogen and oxygen atoms in total. The van der Waals surface area contributed by atoms with Crippen LogP contribution in [0.15, 0.2) is 79.3 Å². The summed E-state index contributed by atoms with van der Waals surface area (Å²) in [5.41, 5.74) is 3.28. The van der Waals surface area contributed by atoms with Gasteiger partial charge in [-0.3, -0.25) is 9.97 Å². The number of nitrogens with one attached hydrogen (secondary N) is 1. The van der Waals surface area contributed by atoms with Crippen LogP contribution in [0.2, 0.25) is 0 Å². The molecular formula is C23H19N3O3. The molecular weight excluding hydrogens is 366 g/mol. The Morgan fingerprint density at radius 3 is 2.66 bits per heavy atom. The van der Waals surface area contributed by atoms with E-state index in [1.54, 1.807) is 36.8 Å². The Morgan fingerprint density at radius 2 is 1.86 bits per heavy atom. The number of hydrogen-bond acceptors (Lipinski definition) is 6. The SMILES string of the molecule is COC(=O)c1cccc(NC(c2ccncc2)c2ccc3cccnc3c2O)c1. The van der Waals surface area contributed by atoms with Gasteiger partial charge in [-0.2, -0.15) is 0 Å². The molecule has 0 aliphatic heterocycles. The third kappa shape index (κ3) is 3.73. The van der Waals surface area contributed by atoms with Gasteiger partial charge in [-0.25, -0.2) is 4.79 Å². The Kier molecular flexibility index (Phi) is 5.07. The standard InChI is InChI=1S/C23H19N3O3/c1-29-23(28)17-4-2-6-18(14-17)26-20(16-9-12-24-13-10-16)19-8-7-15-5-3-11-25-21(15)22(19)27/h2-14,20,26-27H,1H3. The highest BCUT2D eigenvalue weighted by atomic mass is 16.5. The zero-order valence-electron chi connectivity index (χ0n) is 15.7. The number of benzene rings is 2. The predicted molar refractivity (Wildman–Crippen MR) is 111 cm³/mol. The number of carbonyl (C=O) groups excluding carboxylic acids is 1. The minimum absolute atomic E-state index is 0.113. The quantitative estimate of drug-likeness (QED) is 0.498. The molecule has 2 N–H and O–H groups in total. The van der Waals surface area contributed by atoms with Gasteiger partial charge >= 0.3 is 5.97 Å². The van der Waals surface area contributed by atoms with Crippen molar-refractivity contribution in [1.29, 1.82) is 0 Å². The first-order valence-electron chi connectivity index (χ1n) is 9.09. The molecule has 29 heavy (non-hydrogen) atoms. The summed E-state index contributed by atoms with van der Waals surface area (Å²) in [6.45, 7) is 0. The van der Waals surface area contributed by atoms with E-state index in [1.165, 1.54) is 7.11 Å². The van der Waals surface area contributed by atoms with Crippen molar-refractivity contribution in [3.05, 3.63) is 95.9 Å². The molecule has 2 aromatic heterocycles. The number of phenols is 1. The van der Waals surface area contributed by atoms with Gasteiger partial charge in [0.2, 0.25) is 0 Å². The van der Waals surface area contributed by atoms with Crippen LogP contribution in [-0.4, -0.2) is 28.2 Å². The molecule has 0 saturated carbocycles. The Bertz CT molecular complexity index is 1160. The molecule has 0 fully saturated rings. The van der Waals surface area contributed by atoms with Gasteiger partial charge in [0.05, 0.1) is 18.7 Å². The van der Waals surface area contributed by atoms with Crippen molar-refractivity contribution in [3.63, 3.8) is 0 Å². The number of hydrogen-bond donors (Lipinski definition) is 2. The summed E-state index contributed by atoms with van der Waals surface area (Å²) < 4.78 is 4.81. The second kappa shape index (κ2) is 7.98. The van der Waals surface area contributed by atoms with Gasteiger partial charge in [0.1, 0.15) is 11.3 Å². The number of rotatable bonds is 5. The maximum atomic E-state index is 11.9. The number of phenolic OH excluding ortho intramolecular Hbond substituents is 1. The van der Waals surface area contributed by atoms with Crippen molar-refractivity contribution in [2.24, 2.45) is 0 Å². The summed E-state index contributed by atoms with van der Waals surface area (Å²) >= 11 is 0. The average Bonchev–Trinajstić information content (AvgIpc) is 2.78. The number of nitrogens with zero attached hydrogens (tertiary/aromatic N) is 2. The van der Waals surface area contributed by atoms with Gasteiger partial charge in [0.15, 0.2) is 0 Å². The van der Waals surface area contributed by atoms with Crippen LogP contribution in [0.3, 0.4) is 0 Å². The van der Waals surface area contributed by atoms with Crippen LogP contribution < -0.4 is 5.32 Å². The Morgan fingerprint density at radius 1 is 1.03 bits per heavy atom. The van der Waals surface area contributed by atoms with E-state index in [0.29, 0.717) is 16.6 Å². The third-order valence-electron chi connectivity index (χ3n) is 4.72. The van der Waals surface area contributed by atoms with Crippen molar-refractivity contribution < 1.29 is 14.6 Å². The number of pyridine rings is 2. The van der Waals surface area contributed by atoms with Crippen LogP contribution in [-0.2, 0) is 4.74 Å². The average molecular weight is 385 g/mol. The molecule has 0 aliphatic rings. The van der Waals surface area contributed by atoms with E-state index in [1.807, 2.05) is 42.5 Å². The van der Waals surface area contributed by atoms with E-state index in [2.05, 4.69) is 15.3 Å². The lowest BCUT2D eigenvalue weighted by Gasteiger charge is -2.22. The fourth-order valence-corrected chi connectivity index (χ4v) is 3.30. The topological polar surface area (TPSA) is 84.3 Å². The maximum Gasteiger partial charge on any atom is 0.337 e. The van der Waals surface area contributed by atoms with Gasteiger partial charge in [-0.15, -0.1) is 0 Å². The fourth-order valence-electron chi connectivity index (χ4n) is 3.30. The summed E-state index contributed by atoms with van der Waals surface area (Å²) in [5.74, 6) is -0.298. The maximum absolute atomic E-state index is 11.9. The van der Waals surface area contributed by atoms with Crippen molar-refractivity contribution in [2.75, 3.05) is 12.4 Å². The molecule has 0 aliphatic carbocycles. The van der Waals surface area contributed by atoms with E-state index in [0.717, 1.165) is 16.6 Å². The minimum atomic E-state index is -0.410. The molecule has 0 spiro atoms. The van der Waals surface area contributed by atoms with E-state index < -0.39 is 5.97 Å². The van der Waals surface area contributed by atoms with Crippen LogP contribution in [0.4, 0.5) is 5.69 Å². The van der Waals surface area contributed by atoms with E-state index in [4.69, 9.17) is 4.74 Å². The highest BCUT2D eigenvalue weighted by molar-refractivity contribution is 5.90. The van der Waals surface area contributed by atoms with Gasteiger partial charge in [-0.1, -0.05) is 24.3 Å². The first-order valence-corrected chi connectivity index (χ1v) is 9.09.